The van der Waals surface area contributed by atoms with E-state index in [-0.39, 0.29) is 24.1 Å². The van der Waals surface area contributed by atoms with E-state index in [1.165, 1.54) is 12.1 Å². The highest BCUT2D eigenvalue weighted by molar-refractivity contribution is 7.88. The first-order valence-corrected chi connectivity index (χ1v) is 15.3. The van der Waals surface area contributed by atoms with Crippen LogP contribution in [-0.4, -0.2) is 62.5 Å². The molecule has 2 heterocycles. The van der Waals surface area contributed by atoms with Gasteiger partial charge in [0.25, 0.3) is 0 Å². The Labute approximate surface area is 234 Å². The van der Waals surface area contributed by atoms with Crippen LogP contribution in [-0.2, 0) is 25.4 Å². The van der Waals surface area contributed by atoms with Gasteiger partial charge in [0, 0.05) is 36.8 Å². The fourth-order valence-electron chi connectivity index (χ4n) is 5.29. The lowest BCUT2D eigenvalue weighted by Gasteiger charge is -2.34. The number of sulfonamides is 1. The number of rotatable bonds is 10. The van der Waals surface area contributed by atoms with E-state index in [0.717, 1.165) is 25.3 Å². The van der Waals surface area contributed by atoms with Gasteiger partial charge in [-0.05, 0) is 44.7 Å². The number of carbonyl (C=O) groups is 2. The summed E-state index contributed by atoms with van der Waals surface area (Å²) in [7, 11) is -3.96. The maximum Gasteiger partial charge on any atom is 0.239 e. The van der Waals surface area contributed by atoms with Crippen LogP contribution in [0.4, 0.5) is 8.78 Å². The minimum Gasteiger partial charge on any atom is -0.349 e. The molecule has 2 unspecified atom stereocenters. The van der Waals surface area contributed by atoms with Crippen LogP contribution in [0.5, 0.6) is 0 Å². The number of hydrogen-bond acceptors (Lipinski definition) is 6. The molecule has 0 aliphatic carbocycles. The summed E-state index contributed by atoms with van der Waals surface area (Å²) in [6, 6.07) is 9.66. The molecule has 0 spiro atoms. The molecule has 2 aliphatic rings. The van der Waals surface area contributed by atoms with Crippen LogP contribution in [0.15, 0.2) is 48.5 Å². The van der Waals surface area contributed by atoms with Gasteiger partial charge >= 0.3 is 0 Å². The minimum absolute atomic E-state index is 0.0143. The predicted molar refractivity (Wildman–Crippen MR) is 147 cm³/mol. The highest BCUT2D eigenvalue weighted by Gasteiger charge is 2.35. The van der Waals surface area contributed by atoms with Gasteiger partial charge in [0.2, 0.25) is 21.8 Å². The van der Waals surface area contributed by atoms with Crippen LogP contribution < -0.4 is 20.7 Å². The van der Waals surface area contributed by atoms with Crippen molar-refractivity contribution >= 4 is 21.8 Å². The van der Waals surface area contributed by atoms with Gasteiger partial charge in [-0.2, -0.15) is 0 Å². The van der Waals surface area contributed by atoms with Gasteiger partial charge in [-0.1, -0.05) is 36.4 Å². The van der Waals surface area contributed by atoms with Crippen molar-refractivity contribution in [2.75, 3.05) is 13.1 Å². The molecular formula is C28H37F2N5O4S. The zero-order valence-corrected chi connectivity index (χ0v) is 23.5. The minimum atomic E-state index is -3.96. The van der Waals surface area contributed by atoms with Crippen molar-refractivity contribution in [1.82, 2.24) is 25.6 Å². The lowest BCUT2D eigenvalue weighted by Crippen LogP contribution is -2.57. The maximum atomic E-state index is 14.3. The lowest BCUT2D eigenvalue weighted by atomic mass is 10.0. The molecule has 2 aromatic rings. The Morgan fingerprint density at radius 1 is 1.12 bits per heavy atom. The molecule has 2 aliphatic heterocycles. The van der Waals surface area contributed by atoms with E-state index >= 15 is 0 Å². The van der Waals surface area contributed by atoms with Crippen LogP contribution in [0.25, 0.3) is 0 Å². The maximum absolute atomic E-state index is 14.3. The number of benzene rings is 2. The molecule has 0 saturated carbocycles. The summed E-state index contributed by atoms with van der Waals surface area (Å²) in [6.45, 7) is 4.58. The molecule has 2 aromatic carbocycles. The molecule has 9 nitrogen and oxygen atoms in total. The zero-order valence-electron chi connectivity index (χ0n) is 22.7. The molecule has 12 heteroatoms. The molecule has 0 aromatic heterocycles. The van der Waals surface area contributed by atoms with E-state index in [0.29, 0.717) is 24.2 Å². The Bertz CT molecular complexity index is 1300. The van der Waals surface area contributed by atoms with Gasteiger partial charge in [-0.3, -0.25) is 20.2 Å². The molecule has 5 atom stereocenters. The van der Waals surface area contributed by atoms with Gasteiger partial charge in [-0.25, -0.2) is 21.9 Å². The number of nitrogens with one attached hydrogen (secondary N) is 4. The topological polar surface area (TPSA) is 120 Å². The Hall–Kier alpha value is -2.93. The number of nitrogens with zero attached hydrogens (tertiary/aromatic N) is 1. The summed E-state index contributed by atoms with van der Waals surface area (Å²) in [5.41, 5.74) is 0.847. The summed E-state index contributed by atoms with van der Waals surface area (Å²) in [6.07, 6.45) is 1.94. The fourth-order valence-corrected chi connectivity index (χ4v) is 6.63. The Morgan fingerprint density at radius 2 is 1.88 bits per heavy atom. The standard InChI is InChI=1S/C28H37F2N5O4S/c1-18-8-6-7-13-35(18)26(36)15-24(34-40(38,39)17-20-9-4-3-5-10-20)28(37)32-19(2)27-31-16-25(33-27)22-12-11-21(29)14-23(22)30/h3-5,9-12,14,18-19,24-25,27,31,33-34H,6-8,13,15-17H2,1-2H3,(H,32,37)/t18-,19-,24-,25?,27?/m0/s1. The van der Waals surface area contributed by atoms with Gasteiger partial charge in [0.05, 0.1) is 24.4 Å². The summed E-state index contributed by atoms with van der Waals surface area (Å²) >= 11 is 0. The van der Waals surface area contributed by atoms with Crippen molar-refractivity contribution in [2.24, 2.45) is 0 Å². The first-order chi connectivity index (χ1) is 19.0. The monoisotopic (exact) mass is 577 g/mol. The predicted octanol–water partition coefficient (Wildman–Crippen LogP) is 2.31. The van der Waals surface area contributed by atoms with Gasteiger partial charge in [0.1, 0.15) is 17.7 Å². The van der Waals surface area contributed by atoms with E-state index in [1.54, 1.807) is 42.2 Å². The summed E-state index contributed by atoms with van der Waals surface area (Å²) in [4.78, 5) is 28.3. The number of likely N-dealkylation sites (tertiary alicyclic amines) is 1. The van der Waals surface area contributed by atoms with Crippen molar-refractivity contribution in [1.29, 1.82) is 0 Å². The van der Waals surface area contributed by atoms with Crippen molar-refractivity contribution in [2.45, 2.75) is 75.6 Å². The number of amides is 2. The average Bonchev–Trinajstić information content (AvgIpc) is 3.39. The molecular weight excluding hydrogens is 540 g/mol. The summed E-state index contributed by atoms with van der Waals surface area (Å²) < 4.78 is 56.1. The molecule has 0 bridgehead atoms. The second-order valence-electron chi connectivity index (χ2n) is 10.6. The van der Waals surface area contributed by atoms with Crippen LogP contribution in [0, 0.1) is 11.6 Å². The van der Waals surface area contributed by atoms with Gasteiger partial charge in [-0.15, -0.1) is 0 Å². The smallest absolute Gasteiger partial charge is 0.239 e. The third-order valence-corrected chi connectivity index (χ3v) is 8.83. The van der Waals surface area contributed by atoms with Gasteiger partial charge < -0.3 is 10.2 Å². The fraction of sp³-hybridized carbons (Fsp3) is 0.500. The molecule has 2 saturated heterocycles. The third-order valence-electron chi connectivity index (χ3n) is 7.47. The number of halogens is 2. The van der Waals surface area contributed by atoms with E-state index in [2.05, 4.69) is 20.7 Å². The van der Waals surface area contributed by atoms with E-state index < -0.39 is 51.9 Å². The molecule has 218 valence electrons. The molecule has 4 rings (SSSR count). The number of piperidine rings is 1. The molecule has 4 N–H and O–H groups in total. The highest BCUT2D eigenvalue weighted by Crippen LogP contribution is 2.22. The SMILES string of the molecule is C[C@H](NC(=O)[C@H](CC(=O)N1CCCC[C@@H]1C)NS(=O)(=O)Cc1ccccc1)C1NCC(c2ccc(F)cc2F)N1. The molecule has 2 amide bonds. The van der Waals surface area contributed by atoms with Crippen LogP contribution in [0.3, 0.4) is 0 Å². The van der Waals surface area contributed by atoms with E-state index in [4.69, 9.17) is 0 Å². The number of hydrogen-bond donors (Lipinski definition) is 4. The first-order valence-electron chi connectivity index (χ1n) is 13.6. The largest absolute Gasteiger partial charge is 0.349 e. The van der Waals surface area contributed by atoms with Crippen LogP contribution in [0.2, 0.25) is 0 Å². The number of carbonyl (C=O) groups excluding carboxylic acids is 2. The van der Waals surface area contributed by atoms with Crippen molar-refractivity contribution < 1.29 is 26.8 Å². The normalized spacial score (nSPS) is 23.0. The quantitative estimate of drug-likeness (QED) is 0.344. The molecule has 2 fully saturated rings. The highest BCUT2D eigenvalue weighted by atomic mass is 32.2. The van der Waals surface area contributed by atoms with E-state index in [1.807, 2.05) is 6.92 Å². The van der Waals surface area contributed by atoms with Crippen LogP contribution in [0.1, 0.15) is 56.7 Å². The summed E-state index contributed by atoms with van der Waals surface area (Å²) in [5, 5.41) is 9.17. The summed E-state index contributed by atoms with van der Waals surface area (Å²) in [5.74, 6) is -2.60. The van der Waals surface area contributed by atoms with Crippen molar-refractivity contribution in [3.05, 3.63) is 71.3 Å². The first kappa shape index (κ1) is 30.0. The average molecular weight is 578 g/mol. The van der Waals surface area contributed by atoms with Crippen molar-refractivity contribution in [3.63, 3.8) is 0 Å². The zero-order chi connectivity index (χ0) is 28.9. The Morgan fingerprint density at radius 3 is 2.58 bits per heavy atom. The third kappa shape index (κ3) is 7.84. The molecule has 40 heavy (non-hydrogen) atoms. The second-order valence-corrected chi connectivity index (χ2v) is 12.4. The van der Waals surface area contributed by atoms with Crippen LogP contribution >= 0.6 is 0 Å². The van der Waals surface area contributed by atoms with E-state index in [9.17, 15) is 26.8 Å². The van der Waals surface area contributed by atoms with Crippen molar-refractivity contribution in [3.8, 4) is 0 Å². The lowest BCUT2D eigenvalue weighted by molar-refractivity contribution is -0.137. The molecule has 0 radical (unpaired) electrons. The van der Waals surface area contributed by atoms with Gasteiger partial charge in [0.15, 0.2) is 0 Å². The Balaban J connectivity index is 1.44. The Kier molecular flexibility index (Phi) is 9.88. The second kappa shape index (κ2) is 13.2.